The maximum Gasteiger partial charge on any atom is 0.217 e. The highest BCUT2D eigenvalue weighted by Crippen LogP contribution is 2.20. The fourth-order valence-corrected chi connectivity index (χ4v) is 2.52. The van der Waals surface area contributed by atoms with Crippen LogP contribution in [0.2, 0.25) is 0 Å². The third kappa shape index (κ3) is 4.56. The molecule has 1 aromatic carbocycles. The van der Waals surface area contributed by atoms with Crippen LogP contribution in [0.15, 0.2) is 41.7 Å². The van der Waals surface area contributed by atoms with E-state index in [-0.39, 0.29) is 11.9 Å². The molecule has 5 heteroatoms. The lowest BCUT2D eigenvalue weighted by Crippen LogP contribution is -2.31. The Morgan fingerprint density at radius 3 is 2.62 bits per heavy atom. The molecular formula is C16H19N3OS. The minimum absolute atomic E-state index is 0.00435. The topological polar surface area (TPSA) is 54.9 Å². The van der Waals surface area contributed by atoms with Crippen molar-refractivity contribution < 1.29 is 4.79 Å². The van der Waals surface area contributed by atoms with E-state index >= 15 is 0 Å². The van der Waals surface area contributed by atoms with Crippen LogP contribution in [0.3, 0.4) is 0 Å². The van der Waals surface area contributed by atoms with Crippen LogP contribution in [0.1, 0.15) is 19.4 Å². The maximum absolute atomic E-state index is 11.0. The van der Waals surface area contributed by atoms with Gasteiger partial charge in [-0.05, 0) is 31.2 Å². The summed E-state index contributed by atoms with van der Waals surface area (Å²) in [5, 5.41) is 3.66. The first-order valence-electron chi connectivity index (χ1n) is 6.82. The molecule has 1 N–H and O–H groups in total. The number of thioether (sulfide) groups is 1. The molecule has 0 saturated carbocycles. The van der Waals surface area contributed by atoms with Crippen molar-refractivity contribution in [3.63, 3.8) is 0 Å². The van der Waals surface area contributed by atoms with Gasteiger partial charge in [0.15, 0.2) is 5.16 Å². The number of carbonyl (C=O) groups is 1. The lowest BCUT2D eigenvalue weighted by atomic mass is 10.0. The molecule has 0 bridgehead atoms. The smallest absolute Gasteiger partial charge is 0.217 e. The summed E-state index contributed by atoms with van der Waals surface area (Å²) in [6, 6.07) is 10.3. The molecule has 1 amide bonds. The molecule has 0 spiro atoms. The van der Waals surface area contributed by atoms with Gasteiger partial charge in [0.1, 0.15) is 0 Å². The largest absolute Gasteiger partial charge is 0.354 e. The summed E-state index contributed by atoms with van der Waals surface area (Å²) < 4.78 is 0. The SMILES string of the molecule is CSc1nccc(-c2ccc(CC(C)NC(C)=O)cc2)n1. The number of hydrogen-bond acceptors (Lipinski definition) is 4. The first-order chi connectivity index (χ1) is 10.1. The highest BCUT2D eigenvalue weighted by molar-refractivity contribution is 7.98. The Labute approximate surface area is 129 Å². The summed E-state index contributed by atoms with van der Waals surface area (Å²) in [6.07, 6.45) is 4.56. The van der Waals surface area contributed by atoms with Crippen LogP contribution < -0.4 is 5.32 Å². The van der Waals surface area contributed by atoms with Gasteiger partial charge in [-0.25, -0.2) is 9.97 Å². The van der Waals surface area contributed by atoms with E-state index in [9.17, 15) is 4.79 Å². The van der Waals surface area contributed by atoms with Gasteiger partial charge >= 0.3 is 0 Å². The van der Waals surface area contributed by atoms with Crippen molar-refractivity contribution >= 4 is 17.7 Å². The zero-order chi connectivity index (χ0) is 15.2. The molecule has 21 heavy (non-hydrogen) atoms. The van der Waals surface area contributed by atoms with Crippen LogP contribution in [0.5, 0.6) is 0 Å². The predicted molar refractivity (Wildman–Crippen MR) is 86.2 cm³/mol. The van der Waals surface area contributed by atoms with E-state index in [0.29, 0.717) is 0 Å². The Morgan fingerprint density at radius 2 is 2.00 bits per heavy atom. The van der Waals surface area contributed by atoms with Gasteiger partial charge in [-0.3, -0.25) is 4.79 Å². The fourth-order valence-electron chi connectivity index (χ4n) is 2.16. The van der Waals surface area contributed by atoms with E-state index in [2.05, 4.69) is 39.6 Å². The van der Waals surface area contributed by atoms with Crippen molar-refractivity contribution in [2.24, 2.45) is 0 Å². The zero-order valence-electron chi connectivity index (χ0n) is 12.5. The van der Waals surface area contributed by atoms with Crippen LogP contribution in [0, 0.1) is 0 Å². The van der Waals surface area contributed by atoms with Crippen molar-refractivity contribution in [3.05, 3.63) is 42.1 Å². The fraction of sp³-hybridized carbons (Fsp3) is 0.312. The second-order valence-corrected chi connectivity index (χ2v) is 5.70. The first kappa shape index (κ1) is 15.5. The van der Waals surface area contributed by atoms with Gasteiger partial charge in [-0.2, -0.15) is 0 Å². The van der Waals surface area contributed by atoms with Crippen molar-refractivity contribution in [2.45, 2.75) is 31.5 Å². The van der Waals surface area contributed by atoms with E-state index in [1.165, 1.54) is 24.2 Å². The molecule has 1 atom stereocenters. The molecule has 1 unspecified atom stereocenters. The number of aromatic nitrogens is 2. The van der Waals surface area contributed by atoms with Gasteiger partial charge in [0, 0.05) is 24.7 Å². The van der Waals surface area contributed by atoms with Gasteiger partial charge < -0.3 is 5.32 Å². The maximum atomic E-state index is 11.0. The molecular weight excluding hydrogens is 282 g/mol. The van der Waals surface area contributed by atoms with E-state index in [4.69, 9.17) is 0 Å². The molecule has 0 aliphatic heterocycles. The predicted octanol–water partition coefficient (Wildman–Crippen LogP) is 2.93. The van der Waals surface area contributed by atoms with Gasteiger partial charge in [-0.15, -0.1) is 0 Å². The van der Waals surface area contributed by atoms with Crippen molar-refractivity contribution in [1.82, 2.24) is 15.3 Å². The monoisotopic (exact) mass is 301 g/mol. The van der Waals surface area contributed by atoms with E-state index in [1.807, 2.05) is 19.2 Å². The average molecular weight is 301 g/mol. The normalized spacial score (nSPS) is 12.0. The Morgan fingerprint density at radius 1 is 1.29 bits per heavy atom. The number of carbonyl (C=O) groups excluding carboxylic acids is 1. The minimum atomic E-state index is 0.00435. The number of nitrogens with zero attached hydrogens (tertiary/aromatic N) is 2. The number of rotatable bonds is 5. The summed E-state index contributed by atoms with van der Waals surface area (Å²) in [7, 11) is 0. The first-order valence-corrected chi connectivity index (χ1v) is 8.04. The van der Waals surface area contributed by atoms with Gasteiger partial charge in [0.05, 0.1) is 5.69 Å². The van der Waals surface area contributed by atoms with Gasteiger partial charge in [-0.1, -0.05) is 36.0 Å². The minimum Gasteiger partial charge on any atom is -0.354 e. The second-order valence-electron chi connectivity index (χ2n) is 4.93. The van der Waals surface area contributed by atoms with E-state index < -0.39 is 0 Å². The van der Waals surface area contributed by atoms with Crippen LogP contribution in [0.25, 0.3) is 11.3 Å². The van der Waals surface area contributed by atoms with Gasteiger partial charge in [0.25, 0.3) is 0 Å². The molecule has 0 saturated heterocycles. The third-order valence-electron chi connectivity index (χ3n) is 3.06. The molecule has 0 fully saturated rings. The molecule has 1 heterocycles. The van der Waals surface area contributed by atoms with E-state index in [1.54, 1.807) is 6.20 Å². The summed E-state index contributed by atoms with van der Waals surface area (Å²) in [4.78, 5) is 19.7. The van der Waals surface area contributed by atoms with Crippen molar-refractivity contribution in [3.8, 4) is 11.3 Å². The summed E-state index contributed by atoms with van der Waals surface area (Å²) >= 11 is 1.53. The summed E-state index contributed by atoms with van der Waals surface area (Å²) in [5.41, 5.74) is 3.19. The molecule has 110 valence electrons. The third-order valence-corrected chi connectivity index (χ3v) is 3.62. The second kappa shape index (κ2) is 7.22. The lowest BCUT2D eigenvalue weighted by molar-refractivity contribution is -0.119. The molecule has 0 aliphatic rings. The van der Waals surface area contributed by atoms with Gasteiger partial charge in [0.2, 0.25) is 5.91 Å². The van der Waals surface area contributed by atoms with Crippen molar-refractivity contribution in [1.29, 1.82) is 0 Å². The molecule has 2 rings (SSSR count). The van der Waals surface area contributed by atoms with Crippen molar-refractivity contribution in [2.75, 3.05) is 6.26 Å². The number of benzene rings is 1. The Balaban J connectivity index is 2.09. The summed E-state index contributed by atoms with van der Waals surface area (Å²) in [5.74, 6) is 0.00435. The number of amides is 1. The average Bonchev–Trinajstić information content (AvgIpc) is 2.47. The lowest BCUT2D eigenvalue weighted by Gasteiger charge is -2.12. The highest BCUT2D eigenvalue weighted by Gasteiger charge is 2.06. The molecule has 4 nitrogen and oxygen atoms in total. The quantitative estimate of drug-likeness (QED) is 0.681. The molecule has 0 aliphatic carbocycles. The number of hydrogen-bond donors (Lipinski definition) is 1. The summed E-state index contributed by atoms with van der Waals surface area (Å²) in [6.45, 7) is 3.54. The van der Waals surface area contributed by atoms with Crippen LogP contribution >= 0.6 is 11.8 Å². The Kier molecular flexibility index (Phi) is 5.33. The molecule has 1 aromatic heterocycles. The standard InChI is InChI=1S/C16H19N3OS/c1-11(18-12(2)20)10-13-4-6-14(7-5-13)15-8-9-17-16(19-15)21-3/h4-9,11H,10H2,1-3H3,(H,18,20). The highest BCUT2D eigenvalue weighted by atomic mass is 32.2. The number of nitrogens with one attached hydrogen (secondary N) is 1. The van der Waals surface area contributed by atoms with Crippen LogP contribution in [-0.2, 0) is 11.2 Å². The molecule has 2 aromatic rings. The Bertz CT molecular complexity index is 613. The molecule has 0 radical (unpaired) electrons. The zero-order valence-corrected chi connectivity index (χ0v) is 13.3. The van der Waals surface area contributed by atoms with Crippen LogP contribution in [0.4, 0.5) is 0 Å². The van der Waals surface area contributed by atoms with E-state index in [0.717, 1.165) is 22.8 Å². The Hall–Kier alpha value is -1.88. The van der Waals surface area contributed by atoms with Crippen LogP contribution in [-0.4, -0.2) is 28.2 Å².